The van der Waals surface area contributed by atoms with Crippen molar-refractivity contribution >= 4 is 40.4 Å². The zero-order valence-corrected chi connectivity index (χ0v) is 18.2. The maximum absolute atomic E-state index is 12.9. The van der Waals surface area contributed by atoms with Gasteiger partial charge in [0.1, 0.15) is 4.34 Å². The summed E-state index contributed by atoms with van der Waals surface area (Å²) in [5.74, 6) is 0.219. The Balaban J connectivity index is 1.36. The van der Waals surface area contributed by atoms with Gasteiger partial charge in [0.05, 0.1) is 22.0 Å². The number of alkyl halides is 3. The molecule has 1 aliphatic rings. The van der Waals surface area contributed by atoms with Gasteiger partial charge in [0, 0.05) is 31.7 Å². The second-order valence-corrected chi connectivity index (χ2v) is 9.18. The second-order valence-electron chi connectivity index (χ2n) is 6.90. The van der Waals surface area contributed by atoms with Gasteiger partial charge >= 0.3 is 6.18 Å². The number of amides is 1. The first-order chi connectivity index (χ1) is 14.7. The number of hydrogen-bond donors (Lipinski definition) is 0. The van der Waals surface area contributed by atoms with Gasteiger partial charge in [-0.25, -0.2) is 0 Å². The predicted molar refractivity (Wildman–Crippen MR) is 110 cm³/mol. The average Bonchev–Trinajstić information content (AvgIpc) is 3.33. The highest BCUT2D eigenvalue weighted by Gasteiger charge is 2.31. The molecule has 31 heavy (non-hydrogen) atoms. The van der Waals surface area contributed by atoms with Gasteiger partial charge in [-0.3, -0.25) is 9.69 Å². The first-order valence-corrected chi connectivity index (χ1v) is 10.7. The van der Waals surface area contributed by atoms with Crippen LogP contribution in [0.15, 0.2) is 34.9 Å². The lowest BCUT2D eigenvalue weighted by Gasteiger charge is -2.33. The molecule has 1 saturated heterocycles. The lowest BCUT2D eigenvalue weighted by Crippen LogP contribution is -2.48. The molecule has 0 atom stereocenters. The van der Waals surface area contributed by atoms with Crippen LogP contribution in [0, 0.1) is 0 Å². The van der Waals surface area contributed by atoms with E-state index in [1.54, 1.807) is 11.0 Å². The summed E-state index contributed by atoms with van der Waals surface area (Å²) < 4.78 is 44.8. The molecule has 1 fully saturated rings. The maximum Gasteiger partial charge on any atom is 0.416 e. The van der Waals surface area contributed by atoms with E-state index in [0.29, 0.717) is 52.9 Å². The number of halogens is 5. The van der Waals surface area contributed by atoms with Crippen LogP contribution >= 0.6 is 34.5 Å². The van der Waals surface area contributed by atoms with Gasteiger partial charge in [0.25, 0.3) is 5.91 Å². The van der Waals surface area contributed by atoms with Crippen LogP contribution < -0.4 is 0 Å². The first kappa shape index (κ1) is 22.1. The number of carbonyl (C=O) groups is 1. The molecule has 1 amide bonds. The number of nitrogens with zero attached hydrogens (tertiary/aromatic N) is 4. The summed E-state index contributed by atoms with van der Waals surface area (Å²) in [4.78, 5) is 20.5. The van der Waals surface area contributed by atoms with Crippen molar-refractivity contribution in [1.82, 2.24) is 19.9 Å². The number of carbonyl (C=O) groups excluding carboxylic acids is 1. The van der Waals surface area contributed by atoms with Gasteiger partial charge in [-0.2, -0.15) is 18.2 Å². The standard InChI is InChI=1S/C19H15Cl2F3N4O2S/c20-14-9-13(16(21)31-14)18(29)28-6-4-27(5-7-28)10-15-25-17(26-30-15)11-2-1-3-12(8-11)19(22,23)24/h1-3,8-9H,4-7,10H2. The summed E-state index contributed by atoms with van der Waals surface area (Å²) >= 11 is 13.1. The van der Waals surface area contributed by atoms with Gasteiger partial charge in [0.2, 0.25) is 11.7 Å². The second kappa shape index (κ2) is 8.78. The van der Waals surface area contributed by atoms with E-state index in [1.165, 1.54) is 12.1 Å². The molecule has 12 heteroatoms. The summed E-state index contributed by atoms with van der Waals surface area (Å²) in [6.07, 6.45) is -4.45. The normalized spacial score (nSPS) is 15.5. The molecule has 4 rings (SSSR count). The molecule has 0 spiro atoms. The van der Waals surface area contributed by atoms with E-state index >= 15 is 0 Å². The Morgan fingerprint density at radius 1 is 1.16 bits per heavy atom. The maximum atomic E-state index is 12.9. The summed E-state index contributed by atoms with van der Waals surface area (Å²) in [6.45, 7) is 2.44. The van der Waals surface area contributed by atoms with Crippen molar-refractivity contribution in [2.24, 2.45) is 0 Å². The number of piperazine rings is 1. The predicted octanol–water partition coefficient (Wildman–Crippen LogP) is 5.08. The summed E-state index contributed by atoms with van der Waals surface area (Å²) in [6, 6.07) is 6.34. The Labute approximate surface area is 189 Å². The topological polar surface area (TPSA) is 62.5 Å². The lowest BCUT2D eigenvalue weighted by molar-refractivity contribution is -0.137. The van der Waals surface area contributed by atoms with Crippen LogP contribution in [0.5, 0.6) is 0 Å². The molecule has 1 aliphatic heterocycles. The monoisotopic (exact) mass is 490 g/mol. The third kappa shape index (κ3) is 5.03. The molecule has 1 aromatic carbocycles. The molecule has 0 aliphatic carbocycles. The fraction of sp³-hybridized carbons (Fsp3) is 0.316. The molecule has 0 bridgehead atoms. The number of benzene rings is 1. The van der Waals surface area contributed by atoms with Crippen LogP contribution in [0.1, 0.15) is 21.8 Å². The van der Waals surface area contributed by atoms with Crippen molar-refractivity contribution in [3.05, 3.63) is 56.0 Å². The molecule has 6 nitrogen and oxygen atoms in total. The molecule has 3 aromatic rings. The third-order valence-corrected chi connectivity index (χ3v) is 6.31. The molecule has 0 radical (unpaired) electrons. The van der Waals surface area contributed by atoms with Gasteiger partial charge in [-0.1, -0.05) is 40.5 Å². The SMILES string of the molecule is O=C(c1cc(Cl)sc1Cl)N1CCN(Cc2nc(-c3cccc(C(F)(F)F)c3)no2)CC1. The molecular weight excluding hydrogens is 476 g/mol. The van der Waals surface area contributed by atoms with Crippen molar-refractivity contribution in [3.63, 3.8) is 0 Å². The number of hydrogen-bond acceptors (Lipinski definition) is 6. The van der Waals surface area contributed by atoms with Crippen molar-refractivity contribution in [3.8, 4) is 11.4 Å². The number of aromatic nitrogens is 2. The summed E-state index contributed by atoms with van der Waals surface area (Å²) in [5, 5.41) is 3.80. The van der Waals surface area contributed by atoms with Gasteiger partial charge in [-0.05, 0) is 18.2 Å². The van der Waals surface area contributed by atoms with Crippen LogP contribution in [-0.2, 0) is 12.7 Å². The third-order valence-electron chi connectivity index (χ3n) is 4.82. The fourth-order valence-corrected chi connectivity index (χ4v) is 4.68. The van der Waals surface area contributed by atoms with Crippen molar-refractivity contribution in [1.29, 1.82) is 0 Å². The fourth-order valence-electron chi connectivity index (χ4n) is 3.23. The molecule has 0 saturated carbocycles. The average molecular weight is 491 g/mol. The van der Waals surface area contributed by atoms with E-state index in [1.807, 2.05) is 4.90 Å². The van der Waals surface area contributed by atoms with Crippen molar-refractivity contribution < 1.29 is 22.5 Å². The summed E-state index contributed by atoms with van der Waals surface area (Å²) in [7, 11) is 0. The minimum absolute atomic E-state index is 0.0962. The van der Waals surface area contributed by atoms with Crippen LogP contribution in [-0.4, -0.2) is 52.0 Å². The van der Waals surface area contributed by atoms with Gasteiger partial charge in [-0.15, -0.1) is 11.3 Å². The quantitative estimate of drug-likeness (QED) is 0.510. The molecule has 164 valence electrons. The van der Waals surface area contributed by atoms with Crippen LogP contribution in [0.4, 0.5) is 13.2 Å². The lowest BCUT2D eigenvalue weighted by atomic mass is 10.1. The molecule has 0 N–H and O–H groups in total. The Morgan fingerprint density at radius 3 is 2.55 bits per heavy atom. The van der Waals surface area contributed by atoms with E-state index in [-0.39, 0.29) is 17.3 Å². The minimum Gasteiger partial charge on any atom is -0.338 e. The first-order valence-electron chi connectivity index (χ1n) is 9.17. The highest BCUT2D eigenvalue weighted by molar-refractivity contribution is 7.20. The van der Waals surface area contributed by atoms with Gasteiger partial charge < -0.3 is 9.42 Å². The van der Waals surface area contributed by atoms with E-state index in [0.717, 1.165) is 23.5 Å². The Hall–Kier alpha value is -2.14. The molecule has 0 unspecified atom stereocenters. The zero-order chi connectivity index (χ0) is 22.2. The van der Waals surface area contributed by atoms with E-state index < -0.39 is 11.7 Å². The number of rotatable bonds is 4. The highest BCUT2D eigenvalue weighted by atomic mass is 35.5. The highest BCUT2D eigenvalue weighted by Crippen LogP contribution is 2.33. The van der Waals surface area contributed by atoms with Crippen LogP contribution in [0.25, 0.3) is 11.4 Å². The molecule has 2 aromatic heterocycles. The molecular formula is C19H15Cl2F3N4O2S. The minimum atomic E-state index is -4.45. The Kier molecular flexibility index (Phi) is 6.25. The smallest absolute Gasteiger partial charge is 0.338 e. The number of thiophene rings is 1. The van der Waals surface area contributed by atoms with Crippen molar-refractivity contribution in [2.75, 3.05) is 26.2 Å². The van der Waals surface area contributed by atoms with Crippen LogP contribution in [0.3, 0.4) is 0 Å². The molecule has 3 heterocycles. The summed E-state index contributed by atoms with van der Waals surface area (Å²) in [5.41, 5.74) is -0.150. The van der Waals surface area contributed by atoms with Gasteiger partial charge in [0.15, 0.2) is 0 Å². The van der Waals surface area contributed by atoms with Crippen molar-refractivity contribution in [2.45, 2.75) is 12.7 Å². The van der Waals surface area contributed by atoms with E-state index in [4.69, 9.17) is 27.7 Å². The largest absolute Gasteiger partial charge is 0.416 e. The Bertz CT molecular complexity index is 1090. The van der Waals surface area contributed by atoms with E-state index in [9.17, 15) is 18.0 Å². The van der Waals surface area contributed by atoms with E-state index in [2.05, 4.69) is 10.1 Å². The zero-order valence-electron chi connectivity index (χ0n) is 15.8. The Morgan fingerprint density at radius 2 is 1.90 bits per heavy atom. The van der Waals surface area contributed by atoms with Crippen LogP contribution in [0.2, 0.25) is 8.67 Å².